The molecule has 0 saturated carbocycles. The lowest BCUT2D eigenvalue weighted by Crippen LogP contribution is -2.41. The Hall–Kier alpha value is -1.59. The molecular weight excluding hydrogens is 280 g/mol. The molecule has 1 aromatic carbocycles. The Bertz CT molecular complexity index is 426. The highest BCUT2D eigenvalue weighted by Crippen LogP contribution is 2.13. The number of nitrogens with one attached hydrogen (secondary N) is 1. The Balaban J connectivity index is 0.00000361. The van der Waals surface area contributed by atoms with E-state index in [0.29, 0.717) is 6.42 Å². The smallest absolute Gasteiger partial charge is 0.328 e. The van der Waals surface area contributed by atoms with Gasteiger partial charge in [0.25, 0.3) is 0 Å². The van der Waals surface area contributed by atoms with E-state index in [1.807, 2.05) is 30.3 Å². The van der Waals surface area contributed by atoms with Gasteiger partial charge in [0.2, 0.25) is 5.91 Å². The van der Waals surface area contributed by atoms with Crippen LogP contribution in [-0.4, -0.2) is 25.0 Å². The van der Waals surface area contributed by atoms with Crippen molar-refractivity contribution in [1.29, 1.82) is 0 Å². The maximum Gasteiger partial charge on any atom is 0.328 e. The van der Waals surface area contributed by atoms with Crippen molar-refractivity contribution in [1.82, 2.24) is 5.32 Å². The standard InChI is InChI=1S/C14H20N2O3.ClH/c1-3-12(14(18)19-2)16-13(17)9-11(15)10-7-5-4-6-8-10;/h4-8,11-12H,3,9,15H2,1-2H3,(H,16,17);1H. The van der Waals surface area contributed by atoms with Crippen molar-refractivity contribution < 1.29 is 14.3 Å². The van der Waals surface area contributed by atoms with E-state index in [4.69, 9.17) is 5.73 Å². The number of carbonyl (C=O) groups is 2. The number of hydrogen-bond donors (Lipinski definition) is 2. The zero-order valence-electron chi connectivity index (χ0n) is 11.7. The number of amides is 1. The first-order chi connectivity index (χ1) is 9.08. The molecule has 0 spiro atoms. The molecule has 0 radical (unpaired) electrons. The largest absolute Gasteiger partial charge is 0.467 e. The van der Waals surface area contributed by atoms with Crippen LogP contribution in [0.2, 0.25) is 0 Å². The molecule has 1 aromatic rings. The molecule has 5 nitrogen and oxygen atoms in total. The van der Waals surface area contributed by atoms with Crippen LogP contribution in [0.3, 0.4) is 0 Å². The number of esters is 1. The van der Waals surface area contributed by atoms with Gasteiger partial charge in [-0.25, -0.2) is 4.79 Å². The Morgan fingerprint density at radius 3 is 2.40 bits per heavy atom. The summed E-state index contributed by atoms with van der Waals surface area (Å²) in [5.74, 6) is -0.697. The van der Waals surface area contributed by atoms with Crippen LogP contribution in [-0.2, 0) is 14.3 Å². The first kappa shape index (κ1) is 18.4. The van der Waals surface area contributed by atoms with Gasteiger partial charge in [0.15, 0.2) is 0 Å². The summed E-state index contributed by atoms with van der Waals surface area (Å²) in [6, 6.07) is 8.38. The van der Waals surface area contributed by atoms with Crippen molar-refractivity contribution in [2.24, 2.45) is 5.73 Å². The minimum absolute atomic E-state index is 0. The van der Waals surface area contributed by atoms with Gasteiger partial charge in [-0.05, 0) is 12.0 Å². The summed E-state index contributed by atoms with van der Waals surface area (Å²) >= 11 is 0. The van der Waals surface area contributed by atoms with Gasteiger partial charge < -0.3 is 15.8 Å². The lowest BCUT2D eigenvalue weighted by Gasteiger charge is -2.16. The van der Waals surface area contributed by atoms with E-state index in [9.17, 15) is 9.59 Å². The first-order valence-corrected chi connectivity index (χ1v) is 6.26. The third-order valence-electron chi connectivity index (χ3n) is 2.86. The third kappa shape index (κ3) is 5.59. The molecule has 0 aromatic heterocycles. The van der Waals surface area contributed by atoms with Crippen LogP contribution >= 0.6 is 12.4 Å². The van der Waals surface area contributed by atoms with Crippen LogP contribution in [0.25, 0.3) is 0 Å². The van der Waals surface area contributed by atoms with Crippen LogP contribution < -0.4 is 11.1 Å². The summed E-state index contributed by atoms with van der Waals surface area (Å²) in [6.07, 6.45) is 0.622. The van der Waals surface area contributed by atoms with Crippen molar-refractivity contribution in [3.05, 3.63) is 35.9 Å². The van der Waals surface area contributed by atoms with E-state index >= 15 is 0 Å². The molecule has 0 aliphatic carbocycles. The molecule has 3 N–H and O–H groups in total. The van der Waals surface area contributed by atoms with E-state index in [1.165, 1.54) is 7.11 Å². The van der Waals surface area contributed by atoms with E-state index in [0.717, 1.165) is 5.56 Å². The number of methoxy groups -OCH3 is 1. The lowest BCUT2D eigenvalue weighted by molar-refractivity contribution is -0.145. The van der Waals surface area contributed by atoms with E-state index in [-0.39, 0.29) is 30.8 Å². The highest BCUT2D eigenvalue weighted by atomic mass is 35.5. The summed E-state index contributed by atoms with van der Waals surface area (Å²) in [5.41, 5.74) is 6.84. The fourth-order valence-electron chi connectivity index (χ4n) is 1.74. The second-order valence-electron chi connectivity index (χ2n) is 4.27. The minimum Gasteiger partial charge on any atom is -0.467 e. The molecule has 0 heterocycles. The predicted molar refractivity (Wildman–Crippen MR) is 79.5 cm³/mol. The Morgan fingerprint density at radius 1 is 1.30 bits per heavy atom. The third-order valence-corrected chi connectivity index (χ3v) is 2.86. The average Bonchev–Trinajstić information content (AvgIpc) is 2.44. The van der Waals surface area contributed by atoms with Gasteiger partial charge in [0.05, 0.1) is 7.11 Å². The zero-order chi connectivity index (χ0) is 14.3. The number of nitrogens with two attached hydrogens (primary N) is 1. The van der Waals surface area contributed by atoms with Crippen LogP contribution in [0.4, 0.5) is 0 Å². The molecule has 2 unspecified atom stereocenters. The van der Waals surface area contributed by atoms with Crippen LogP contribution in [0, 0.1) is 0 Å². The molecule has 112 valence electrons. The summed E-state index contributed by atoms with van der Waals surface area (Å²) in [6.45, 7) is 1.80. The number of benzene rings is 1. The predicted octanol–water partition coefficient (Wildman–Crippen LogP) is 1.57. The van der Waals surface area contributed by atoms with Crippen molar-refractivity contribution in [2.75, 3.05) is 7.11 Å². The highest BCUT2D eigenvalue weighted by Gasteiger charge is 2.20. The van der Waals surface area contributed by atoms with Crippen molar-refractivity contribution in [3.8, 4) is 0 Å². The second kappa shape index (κ2) is 9.34. The van der Waals surface area contributed by atoms with Crippen molar-refractivity contribution in [2.45, 2.75) is 31.8 Å². The van der Waals surface area contributed by atoms with Gasteiger partial charge in [-0.15, -0.1) is 12.4 Å². The Kier molecular flexibility index (Phi) is 8.59. The average molecular weight is 301 g/mol. The van der Waals surface area contributed by atoms with Crippen LogP contribution in [0.5, 0.6) is 0 Å². The van der Waals surface area contributed by atoms with Crippen LogP contribution in [0.15, 0.2) is 30.3 Å². The summed E-state index contributed by atoms with van der Waals surface area (Å²) in [5, 5.41) is 2.62. The highest BCUT2D eigenvalue weighted by molar-refractivity contribution is 5.85. The monoisotopic (exact) mass is 300 g/mol. The Labute approximate surface area is 125 Å². The molecule has 2 atom stereocenters. The zero-order valence-corrected chi connectivity index (χ0v) is 12.5. The summed E-state index contributed by atoms with van der Waals surface area (Å²) < 4.78 is 4.61. The SMILES string of the molecule is CCC(NC(=O)CC(N)c1ccccc1)C(=O)OC.Cl. The van der Waals surface area contributed by atoms with Crippen LogP contribution in [0.1, 0.15) is 31.4 Å². The molecule has 0 fully saturated rings. The van der Waals surface area contributed by atoms with Crippen molar-refractivity contribution >= 4 is 24.3 Å². The molecular formula is C14H21ClN2O3. The maximum absolute atomic E-state index is 11.8. The number of hydrogen-bond acceptors (Lipinski definition) is 4. The maximum atomic E-state index is 11.8. The summed E-state index contributed by atoms with van der Waals surface area (Å²) in [4.78, 5) is 23.2. The molecule has 0 saturated heterocycles. The normalized spacial score (nSPS) is 12.8. The number of ether oxygens (including phenoxy) is 1. The summed E-state index contributed by atoms with van der Waals surface area (Å²) in [7, 11) is 1.30. The van der Waals surface area contributed by atoms with Gasteiger partial charge in [-0.2, -0.15) is 0 Å². The molecule has 6 heteroatoms. The van der Waals surface area contributed by atoms with E-state index in [1.54, 1.807) is 6.92 Å². The fourth-order valence-corrected chi connectivity index (χ4v) is 1.74. The molecule has 0 bridgehead atoms. The molecule has 1 rings (SSSR count). The molecule has 0 aliphatic heterocycles. The van der Waals surface area contributed by atoms with E-state index < -0.39 is 12.0 Å². The lowest BCUT2D eigenvalue weighted by atomic mass is 10.0. The van der Waals surface area contributed by atoms with Gasteiger partial charge in [-0.3, -0.25) is 4.79 Å². The fraction of sp³-hybridized carbons (Fsp3) is 0.429. The second-order valence-corrected chi connectivity index (χ2v) is 4.27. The topological polar surface area (TPSA) is 81.4 Å². The minimum atomic E-state index is -0.611. The first-order valence-electron chi connectivity index (χ1n) is 6.26. The quantitative estimate of drug-likeness (QED) is 0.781. The van der Waals surface area contributed by atoms with Crippen molar-refractivity contribution in [3.63, 3.8) is 0 Å². The van der Waals surface area contributed by atoms with Gasteiger partial charge in [0, 0.05) is 12.5 Å². The Morgan fingerprint density at radius 2 is 1.90 bits per heavy atom. The molecule has 0 aliphatic rings. The number of rotatable bonds is 6. The molecule has 1 amide bonds. The van der Waals surface area contributed by atoms with Gasteiger partial charge in [0.1, 0.15) is 6.04 Å². The van der Waals surface area contributed by atoms with Gasteiger partial charge in [-0.1, -0.05) is 37.3 Å². The van der Waals surface area contributed by atoms with E-state index in [2.05, 4.69) is 10.1 Å². The molecule has 20 heavy (non-hydrogen) atoms. The van der Waals surface area contributed by atoms with Gasteiger partial charge >= 0.3 is 5.97 Å². The number of carbonyl (C=O) groups excluding carboxylic acids is 2. The number of halogens is 1.